The fourth-order valence-electron chi connectivity index (χ4n) is 4.50. The summed E-state index contributed by atoms with van der Waals surface area (Å²) in [4.78, 5) is 13.1. The molecule has 1 saturated carbocycles. The van der Waals surface area contributed by atoms with Crippen LogP contribution in [0.5, 0.6) is 0 Å². The Kier molecular flexibility index (Phi) is 6.03. The van der Waals surface area contributed by atoms with Crippen LogP contribution in [0.4, 0.5) is 5.82 Å². The fourth-order valence-corrected chi connectivity index (χ4v) is 4.50. The van der Waals surface area contributed by atoms with Gasteiger partial charge in [0.15, 0.2) is 23.2 Å². The van der Waals surface area contributed by atoms with Crippen molar-refractivity contribution in [3.8, 4) is 0 Å². The number of nitrogens with one attached hydrogen (secondary N) is 1. The molecule has 0 bridgehead atoms. The van der Waals surface area contributed by atoms with Gasteiger partial charge in [-0.05, 0) is 24.8 Å². The molecule has 1 unspecified atom stereocenters. The minimum Gasteiger partial charge on any atom is -0.394 e. The van der Waals surface area contributed by atoms with Gasteiger partial charge in [-0.3, -0.25) is 4.57 Å². The van der Waals surface area contributed by atoms with Gasteiger partial charge in [-0.2, -0.15) is 0 Å². The smallest absolute Gasteiger partial charge is 0.167 e. The van der Waals surface area contributed by atoms with Crippen molar-refractivity contribution in [2.75, 3.05) is 11.9 Å². The van der Waals surface area contributed by atoms with E-state index in [2.05, 4.69) is 32.4 Å². The van der Waals surface area contributed by atoms with E-state index < -0.39 is 31.1 Å². The van der Waals surface area contributed by atoms with Gasteiger partial charge in [-0.15, -0.1) is 0 Å². The summed E-state index contributed by atoms with van der Waals surface area (Å²) in [5, 5.41) is 33.3. The van der Waals surface area contributed by atoms with Crippen LogP contribution < -0.4 is 5.32 Å². The van der Waals surface area contributed by atoms with Gasteiger partial charge in [0.2, 0.25) is 0 Å². The monoisotopic (exact) mass is 441 g/mol. The number of fused-ring (bicyclic) bond motifs is 1. The molecule has 0 amide bonds. The zero-order valence-electron chi connectivity index (χ0n) is 17.5. The summed E-state index contributed by atoms with van der Waals surface area (Å²) in [6.45, 7) is 0.165. The molecule has 10 heteroatoms. The third-order valence-corrected chi connectivity index (χ3v) is 6.23. The summed E-state index contributed by atoms with van der Waals surface area (Å²) in [5.41, 5.74) is 2.15. The van der Waals surface area contributed by atoms with Crippen molar-refractivity contribution in [2.24, 2.45) is 0 Å². The van der Waals surface area contributed by atoms with Crippen LogP contribution in [0.25, 0.3) is 11.2 Å². The molecule has 2 fully saturated rings. The van der Waals surface area contributed by atoms with Crippen molar-refractivity contribution in [3.05, 3.63) is 48.5 Å². The highest BCUT2D eigenvalue weighted by Crippen LogP contribution is 2.33. The van der Waals surface area contributed by atoms with Crippen LogP contribution in [0.2, 0.25) is 0 Å². The molecule has 0 spiro atoms. The molecule has 4 N–H and O–H groups in total. The van der Waals surface area contributed by atoms with Crippen molar-refractivity contribution >= 4 is 17.0 Å². The predicted octanol–water partition coefficient (Wildman–Crippen LogP) is 0.988. The molecular weight excluding hydrogens is 414 g/mol. The highest BCUT2D eigenvalue weighted by molar-refractivity contribution is 5.82. The zero-order valence-corrected chi connectivity index (χ0v) is 17.5. The minimum absolute atomic E-state index is 0.0581. The van der Waals surface area contributed by atoms with E-state index in [0.717, 1.165) is 24.8 Å². The van der Waals surface area contributed by atoms with Gasteiger partial charge in [0, 0.05) is 0 Å². The van der Waals surface area contributed by atoms with Gasteiger partial charge in [0.25, 0.3) is 0 Å². The van der Waals surface area contributed by atoms with Crippen LogP contribution in [0, 0.1) is 0 Å². The Labute approximate surface area is 184 Å². The van der Waals surface area contributed by atoms with Crippen molar-refractivity contribution in [1.82, 2.24) is 19.5 Å². The molecule has 2 aromatic heterocycles. The van der Waals surface area contributed by atoms with Gasteiger partial charge in [-0.1, -0.05) is 30.3 Å². The normalized spacial score (nSPS) is 30.2. The van der Waals surface area contributed by atoms with E-state index in [1.807, 2.05) is 18.2 Å². The maximum absolute atomic E-state index is 10.4. The SMILES string of the molecule is OCC1O[C@@H](n2cnc3c(N[C@@H]4CCC[C@H]4OCc4ccccc4)ncnc32)[C@H](O)[C@@H]1O. The molecule has 5 rings (SSSR count). The first-order valence-electron chi connectivity index (χ1n) is 10.9. The Balaban J connectivity index is 1.33. The maximum Gasteiger partial charge on any atom is 0.167 e. The highest BCUT2D eigenvalue weighted by Gasteiger charge is 2.44. The van der Waals surface area contributed by atoms with E-state index in [4.69, 9.17) is 9.47 Å². The van der Waals surface area contributed by atoms with Crippen molar-refractivity contribution in [2.45, 2.75) is 62.6 Å². The lowest BCUT2D eigenvalue weighted by molar-refractivity contribution is -0.0511. The number of imidazole rings is 1. The summed E-state index contributed by atoms with van der Waals surface area (Å²) >= 11 is 0. The molecule has 1 aliphatic carbocycles. The average Bonchev–Trinajstić information content (AvgIpc) is 3.52. The average molecular weight is 441 g/mol. The van der Waals surface area contributed by atoms with Gasteiger partial charge in [0.1, 0.15) is 24.6 Å². The number of benzene rings is 1. The predicted molar refractivity (Wildman–Crippen MR) is 115 cm³/mol. The maximum atomic E-state index is 10.4. The molecule has 2 aliphatic rings. The minimum atomic E-state index is -1.21. The number of anilines is 1. The number of rotatable bonds is 7. The lowest BCUT2D eigenvalue weighted by Gasteiger charge is -2.22. The largest absolute Gasteiger partial charge is 0.394 e. The van der Waals surface area contributed by atoms with E-state index in [0.29, 0.717) is 23.6 Å². The van der Waals surface area contributed by atoms with E-state index in [1.165, 1.54) is 12.7 Å². The lowest BCUT2D eigenvalue weighted by Crippen LogP contribution is -2.33. The lowest BCUT2D eigenvalue weighted by atomic mass is 10.1. The van der Waals surface area contributed by atoms with Crippen molar-refractivity contribution in [1.29, 1.82) is 0 Å². The third kappa shape index (κ3) is 3.96. The second-order valence-corrected chi connectivity index (χ2v) is 8.29. The first-order valence-corrected chi connectivity index (χ1v) is 10.9. The Morgan fingerprint density at radius 2 is 1.94 bits per heavy atom. The van der Waals surface area contributed by atoms with Crippen LogP contribution in [0.1, 0.15) is 31.1 Å². The first-order chi connectivity index (χ1) is 15.7. The third-order valence-electron chi connectivity index (χ3n) is 6.23. The molecule has 3 heterocycles. The molecular formula is C22H27N5O5. The van der Waals surface area contributed by atoms with Crippen LogP contribution in [-0.4, -0.2) is 71.9 Å². The number of aliphatic hydroxyl groups is 3. The summed E-state index contributed by atoms with van der Waals surface area (Å²) in [7, 11) is 0. The topological polar surface area (TPSA) is 135 Å². The van der Waals surface area contributed by atoms with Crippen LogP contribution in [0.15, 0.2) is 43.0 Å². The Morgan fingerprint density at radius 1 is 1.09 bits per heavy atom. The molecule has 1 saturated heterocycles. The molecule has 3 aromatic rings. The number of hydrogen-bond donors (Lipinski definition) is 4. The molecule has 1 aliphatic heterocycles. The highest BCUT2D eigenvalue weighted by atomic mass is 16.6. The van der Waals surface area contributed by atoms with E-state index in [-0.39, 0.29) is 12.1 Å². The van der Waals surface area contributed by atoms with Crippen molar-refractivity contribution in [3.63, 3.8) is 0 Å². The van der Waals surface area contributed by atoms with E-state index in [1.54, 1.807) is 4.57 Å². The second-order valence-electron chi connectivity index (χ2n) is 8.29. The Hall–Kier alpha value is -2.63. The zero-order chi connectivity index (χ0) is 22.1. The fraction of sp³-hybridized carbons (Fsp3) is 0.500. The number of nitrogens with zero attached hydrogens (tertiary/aromatic N) is 4. The van der Waals surface area contributed by atoms with Gasteiger partial charge in [0.05, 0.1) is 31.7 Å². The van der Waals surface area contributed by atoms with Gasteiger partial charge in [-0.25, -0.2) is 15.0 Å². The quantitative estimate of drug-likeness (QED) is 0.423. The van der Waals surface area contributed by atoms with E-state index in [9.17, 15) is 15.3 Å². The number of aromatic nitrogens is 4. The molecule has 6 atom stereocenters. The van der Waals surface area contributed by atoms with Crippen LogP contribution in [0.3, 0.4) is 0 Å². The summed E-state index contributed by atoms with van der Waals surface area (Å²) < 4.78 is 13.4. The summed E-state index contributed by atoms with van der Waals surface area (Å²) in [5.74, 6) is 0.584. The van der Waals surface area contributed by atoms with Gasteiger partial charge < -0.3 is 30.1 Å². The molecule has 10 nitrogen and oxygen atoms in total. The second kappa shape index (κ2) is 9.08. The molecule has 32 heavy (non-hydrogen) atoms. The summed E-state index contributed by atoms with van der Waals surface area (Å²) in [6.07, 6.45) is 1.81. The van der Waals surface area contributed by atoms with E-state index >= 15 is 0 Å². The Bertz CT molecular complexity index is 1050. The van der Waals surface area contributed by atoms with Crippen LogP contribution >= 0.6 is 0 Å². The first kappa shape index (κ1) is 21.2. The Morgan fingerprint density at radius 3 is 2.72 bits per heavy atom. The number of aliphatic hydroxyl groups excluding tert-OH is 3. The van der Waals surface area contributed by atoms with Crippen molar-refractivity contribution < 1.29 is 24.8 Å². The summed E-state index contributed by atoms with van der Waals surface area (Å²) in [6, 6.07) is 10.2. The van der Waals surface area contributed by atoms with Crippen LogP contribution in [-0.2, 0) is 16.1 Å². The molecule has 0 radical (unpaired) electrons. The number of ether oxygens (including phenoxy) is 2. The molecule has 170 valence electrons. The van der Waals surface area contributed by atoms with Gasteiger partial charge >= 0.3 is 0 Å². The number of hydrogen-bond acceptors (Lipinski definition) is 9. The standard InChI is InChI=1S/C22H27N5O5/c28-9-16-18(29)19(30)22(32-16)27-12-25-17-20(23-11-24-21(17)27)26-14-7-4-8-15(14)31-10-13-5-2-1-3-6-13/h1-3,5-6,11-12,14-16,18-19,22,28-30H,4,7-10H2,(H,23,24,26)/t14-,15-,16?,18-,19-,22-/m1/s1. The molecule has 1 aromatic carbocycles.